The molecule has 25 heavy (non-hydrogen) atoms. The zero-order valence-corrected chi connectivity index (χ0v) is 15.0. The van der Waals surface area contributed by atoms with E-state index in [0.717, 1.165) is 53.5 Å². The van der Waals surface area contributed by atoms with Gasteiger partial charge < -0.3 is 9.32 Å². The quantitative estimate of drug-likeness (QED) is 0.708. The van der Waals surface area contributed by atoms with E-state index in [2.05, 4.69) is 65.3 Å². The molecule has 0 aliphatic carbocycles. The summed E-state index contributed by atoms with van der Waals surface area (Å²) in [5, 5.41) is 1.14. The molecular weight excluding hydrogens is 310 g/mol. The van der Waals surface area contributed by atoms with Gasteiger partial charge >= 0.3 is 0 Å². The van der Waals surface area contributed by atoms with Crippen LogP contribution in [-0.2, 0) is 6.54 Å². The first-order chi connectivity index (χ1) is 12.2. The number of aromatic nitrogens is 1. The summed E-state index contributed by atoms with van der Waals surface area (Å²) in [7, 11) is 4.30. The molecule has 4 heteroatoms. The Morgan fingerprint density at radius 2 is 2.04 bits per heavy atom. The van der Waals surface area contributed by atoms with Crippen LogP contribution >= 0.6 is 0 Å². The maximum Gasteiger partial charge on any atom is 0.136 e. The summed E-state index contributed by atoms with van der Waals surface area (Å²) in [5.41, 5.74) is 2.06. The van der Waals surface area contributed by atoms with Crippen LogP contribution in [0.2, 0.25) is 0 Å². The highest BCUT2D eigenvalue weighted by Crippen LogP contribution is 2.29. The lowest BCUT2D eigenvalue weighted by Gasteiger charge is -2.17. The lowest BCUT2D eigenvalue weighted by molar-refractivity contribution is 0.269. The fourth-order valence-corrected chi connectivity index (χ4v) is 3.85. The minimum Gasteiger partial charge on any atom is -0.460 e. The van der Waals surface area contributed by atoms with Crippen molar-refractivity contribution < 1.29 is 4.42 Å². The van der Waals surface area contributed by atoms with Crippen molar-refractivity contribution >= 4 is 10.9 Å². The van der Waals surface area contributed by atoms with Gasteiger partial charge in [0.05, 0.1) is 12.1 Å². The average Bonchev–Trinajstić information content (AvgIpc) is 3.24. The van der Waals surface area contributed by atoms with Crippen molar-refractivity contribution in [2.24, 2.45) is 5.92 Å². The molecule has 1 aromatic carbocycles. The van der Waals surface area contributed by atoms with Gasteiger partial charge in [0.25, 0.3) is 0 Å². The van der Waals surface area contributed by atoms with Crippen LogP contribution in [-0.4, -0.2) is 48.5 Å². The third-order valence-corrected chi connectivity index (χ3v) is 4.93. The summed E-state index contributed by atoms with van der Waals surface area (Å²) in [6.45, 7) is 4.37. The average molecular weight is 335 g/mol. The van der Waals surface area contributed by atoms with Gasteiger partial charge in [-0.05, 0) is 57.2 Å². The lowest BCUT2D eigenvalue weighted by atomic mass is 10.1. The molecular formula is C21H25N3O. The molecule has 0 amide bonds. The highest BCUT2D eigenvalue weighted by atomic mass is 16.3. The van der Waals surface area contributed by atoms with Gasteiger partial charge in [0.2, 0.25) is 0 Å². The van der Waals surface area contributed by atoms with E-state index in [1.807, 2.05) is 12.3 Å². The Kier molecular flexibility index (Phi) is 4.55. The summed E-state index contributed by atoms with van der Waals surface area (Å²) in [4.78, 5) is 9.32. The molecule has 3 aromatic rings. The van der Waals surface area contributed by atoms with Crippen LogP contribution < -0.4 is 0 Å². The van der Waals surface area contributed by atoms with Crippen LogP contribution in [0.1, 0.15) is 12.2 Å². The summed E-state index contributed by atoms with van der Waals surface area (Å²) < 4.78 is 6.16. The molecule has 0 N–H and O–H groups in total. The molecule has 4 nitrogen and oxygen atoms in total. The van der Waals surface area contributed by atoms with Gasteiger partial charge in [0, 0.05) is 30.2 Å². The van der Waals surface area contributed by atoms with E-state index in [1.54, 1.807) is 0 Å². The smallest absolute Gasteiger partial charge is 0.136 e. The normalized spacial score (nSPS) is 18.4. The summed E-state index contributed by atoms with van der Waals surface area (Å²) in [6.07, 6.45) is 3.11. The molecule has 3 heterocycles. The molecule has 1 unspecified atom stereocenters. The zero-order valence-electron chi connectivity index (χ0n) is 15.0. The van der Waals surface area contributed by atoms with Crippen molar-refractivity contribution in [3.05, 3.63) is 54.4 Å². The number of fused-ring (bicyclic) bond motifs is 1. The fourth-order valence-electron chi connectivity index (χ4n) is 3.85. The summed E-state index contributed by atoms with van der Waals surface area (Å²) in [5.74, 6) is 2.71. The number of hydrogen-bond acceptors (Lipinski definition) is 4. The molecule has 4 rings (SSSR count). The Hall–Kier alpha value is -2.17. The van der Waals surface area contributed by atoms with Crippen LogP contribution in [0.15, 0.2) is 53.1 Å². The Labute approximate surface area is 149 Å². The zero-order chi connectivity index (χ0) is 17.2. The van der Waals surface area contributed by atoms with Crippen molar-refractivity contribution in [2.75, 3.05) is 33.7 Å². The van der Waals surface area contributed by atoms with E-state index in [-0.39, 0.29) is 0 Å². The maximum absolute atomic E-state index is 6.16. The molecule has 1 atom stereocenters. The Morgan fingerprint density at radius 3 is 2.92 bits per heavy atom. The van der Waals surface area contributed by atoms with Crippen molar-refractivity contribution in [3.8, 4) is 11.3 Å². The van der Waals surface area contributed by atoms with Gasteiger partial charge in [-0.1, -0.05) is 18.2 Å². The summed E-state index contributed by atoms with van der Waals surface area (Å²) >= 11 is 0. The number of benzene rings is 1. The third kappa shape index (κ3) is 3.60. The van der Waals surface area contributed by atoms with Gasteiger partial charge in [0.15, 0.2) is 0 Å². The minimum absolute atomic E-state index is 0.770. The Morgan fingerprint density at radius 1 is 1.16 bits per heavy atom. The van der Waals surface area contributed by atoms with Crippen molar-refractivity contribution in [1.82, 2.24) is 14.8 Å². The number of hydrogen-bond donors (Lipinski definition) is 0. The predicted octanol–water partition coefficient (Wildman–Crippen LogP) is 3.88. The lowest BCUT2D eigenvalue weighted by Crippen LogP contribution is -2.25. The predicted molar refractivity (Wildman–Crippen MR) is 101 cm³/mol. The monoisotopic (exact) mass is 335 g/mol. The molecule has 0 bridgehead atoms. The molecule has 2 aromatic heterocycles. The third-order valence-electron chi connectivity index (χ3n) is 4.93. The number of furan rings is 1. The van der Waals surface area contributed by atoms with Crippen LogP contribution in [0.25, 0.3) is 22.2 Å². The first-order valence-corrected chi connectivity index (χ1v) is 8.99. The second-order valence-electron chi connectivity index (χ2n) is 7.30. The Balaban J connectivity index is 1.49. The molecule has 0 spiro atoms. The highest BCUT2D eigenvalue weighted by Gasteiger charge is 2.23. The highest BCUT2D eigenvalue weighted by molar-refractivity contribution is 5.92. The second-order valence-corrected chi connectivity index (χ2v) is 7.30. The van der Waals surface area contributed by atoms with E-state index >= 15 is 0 Å². The first-order valence-electron chi connectivity index (χ1n) is 8.99. The van der Waals surface area contributed by atoms with Gasteiger partial charge in [-0.15, -0.1) is 0 Å². The van der Waals surface area contributed by atoms with Gasteiger partial charge in [-0.2, -0.15) is 0 Å². The number of pyridine rings is 1. The van der Waals surface area contributed by atoms with Crippen LogP contribution in [0.4, 0.5) is 0 Å². The molecule has 130 valence electrons. The maximum atomic E-state index is 6.16. The van der Waals surface area contributed by atoms with Crippen LogP contribution in [0.3, 0.4) is 0 Å². The molecule has 1 aliphatic heterocycles. The van der Waals surface area contributed by atoms with Crippen molar-refractivity contribution in [1.29, 1.82) is 0 Å². The van der Waals surface area contributed by atoms with E-state index < -0.39 is 0 Å². The number of rotatable bonds is 5. The topological polar surface area (TPSA) is 32.5 Å². The first kappa shape index (κ1) is 16.3. The molecule has 0 radical (unpaired) electrons. The van der Waals surface area contributed by atoms with Gasteiger partial charge in [-0.3, -0.25) is 9.88 Å². The van der Waals surface area contributed by atoms with Gasteiger partial charge in [0.1, 0.15) is 11.5 Å². The summed E-state index contributed by atoms with van der Waals surface area (Å²) in [6, 6.07) is 14.5. The van der Waals surface area contributed by atoms with E-state index in [0.29, 0.717) is 0 Å². The minimum atomic E-state index is 0.770. The molecule has 1 fully saturated rings. The molecule has 1 saturated heterocycles. The Bertz CT molecular complexity index is 850. The van der Waals surface area contributed by atoms with Crippen molar-refractivity contribution in [2.45, 2.75) is 13.0 Å². The molecule has 1 aliphatic rings. The van der Waals surface area contributed by atoms with E-state index in [1.165, 1.54) is 13.0 Å². The van der Waals surface area contributed by atoms with Crippen LogP contribution in [0.5, 0.6) is 0 Å². The number of nitrogens with zero attached hydrogens (tertiary/aromatic N) is 3. The van der Waals surface area contributed by atoms with E-state index in [9.17, 15) is 0 Å². The fraction of sp³-hybridized carbons (Fsp3) is 0.381. The van der Waals surface area contributed by atoms with E-state index in [4.69, 9.17) is 4.42 Å². The standard InChI is InChI=1S/C21H25N3O/c1-23(2)13-16-10-12-24(14-16)15-18-8-9-20(25-18)19-7-3-5-17-6-4-11-22-21(17)19/h3-9,11,16H,10,12-15H2,1-2H3. The molecule has 0 saturated carbocycles. The van der Waals surface area contributed by atoms with Crippen molar-refractivity contribution in [3.63, 3.8) is 0 Å². The SMILES string of the molecule is CN(C)CC1CCN(Cc2ccc(-c3cccc4cccnc34)o2)C1. The van der Waals surface area contributed by atoms with Crippen LogP contribution in [0, 0.1) is 5.92 Å². The number of likely N-dealkylation sites (tertiary alicyclic amines) is 1. The second kappa shape index (κ2) is 6.98. The largest absolute Gasteiger partial charge is 0.460 e. The number of para-hydroxylation sites is 1. The van der Waals surface area contributed by atoms with Gasteiger partial charge in [-0.25, -0.2) is 0 Å².